The van der Waals surface area contributed by atoms with Crippen molar-refractivity contribution in [2.45, 2.75) is 6.61 Å². The lowest BCUT2D eigenvalue weighted by Crippen LogP contribution is -2.01. The van der Waals surface area contributed by atoms with E-state index in [0.717, 1.165) is 0 Å². The molecule has 2 heterocycles. The second-order valence-corrected chi connectivity index (χ2v) is 4.11. The SMILES string of the molecule is N#Cc1cc(F)ccc1COc1nnc2ccccn12. The molecular weight excluding hydrogens is 259 g/mol. The van der Waals surface area contributed by atoms with E-state index < -0.39 is 5.82 Å². The van der Waals surface area contributed by atoms with E-state index in [9.17, 15) is 4.39 Å². The fourth-order valence-corrected chi connectivity index (χ4v) is 1.84. The largest absolute Gasteiger partial charge is 0.458 e. The Labute approximate surface area is 113 Å². The number of fused-ring (bicyclic) bond motifs is 1. The van der Waals surface area contributed by atoms with E-state index in [1.165, 1.54) is 18.2 Å². The number of nitriles is 1. The molecule has 6 heteroatoms. The third-order valence-electron chi connectivity index (χ3n) is 2.83. The van der Waals surface area contributed by atoms with Gasteiger partial charge < -0.3 is 4.74 Å². The Morgan fingerprint density at radius 1 is 1.25 bits per heavy atom. The maximum Gasteiger partial charge on any atom is 0.321 e. The summed E-state index contributed by atoms with van der Waals surface area (Å²) >= 11 is 0. The van der Waals surface area contributed by atoms with E-state index in [1.807, 2.05) is 18.2 Å². The Morgan fingerprint density at radius 3 is 3.00 bits per heavy atom. The molecule has 0 aliphatic carbocycles. The highest BCUT2D eigenvalue weighted by molar-refractivity contribution is 5.39. The molecule has 0 bridgehead atoms. The molecule has 0 N–H and O–H groups in total. The zero-order valence-electron chi connectivity index (χ0n) is 10.3. The summed E-state index contributed by atoms with van der Waals surface area (Å²) in [7, 11) is 0. The minimum atomic E-state index is -0.446. The lowest BCUT2D eigenvalue weighted by Gasteiger charge is -2.05. The zero-order valence-corrected chi connectivity index (χ0v) is 10.3. The van der Waals surface area contributed by atoms with Crippen LogP contribution in [0.25, 0.3) is 5.65 Å². The molecule has 0 aliphatic heterocycles. The Bertz CT molecular complexity index is 806. The van der Waals surface area contributed by atoms with Gasteiger partial charge in [0.25, 0.3) is 0 Å². The fraction of sp³-hybridized carbons (Fsp3) is 0.0714. The van der Waals surface area contributed by atoms with E-state index in [0.29, 0.717) is 17.2 Å². The molecule has 0 aliphatic rings. The van der Waals surface area contributed by atoms with Crippen LogP contribution in [0.2, 0.25) is 0 Å². The van der Waals surface area contributed by atoms with E-state index >= 15 is 0 Å². The van der Waals surface area contributed by atoms with Crippen molar-refractivity contribution in [3.8, 4) is 12.1 Å². The van der Waals surface area contributed by atoms with E-state index in [2.05, 4.69) is 10.2 Å². The number of ether oxygens (including phenoxy) is 1. The first-order chi connectivity index (χ1) is 9.78. The summed E-state index contributed by atoms with van der Waals surface area (Å²) in [4.78, 5) is 0. The van der Waals surface area contributed by atoms with Gasteiger partial charge in [-0.2, -0.15) is 5.26 Å². The van der Waals surface area contributed by atoms with Gasteiger partial charge in [-0.3, -0.25) is 4.40 Å². The number of rotatable bonds is 3. The number of hydrogen-bond acceptors (Lipinski definition) is 4. The zero-order chi connectivity index (χ0) is 13.9. The molecular formula is C14H9FN4O. The van der Waals surface area contributed by atoms with Gasteiger partial charge in [-0.05, 0) is 24.3 Å². The maximum atomic E-state index is 13.0. The van der Waals surface area contributed by atoms with Crippen LogP contribution in [0.1, 0.15) is 11.1 Å². The van der Waals surface area contributed by atoms with Crippen molar-refractivity contribution in [1.82, 2.24) is 14.6 Å². The van der Waals surface area contributed by atoms with Crippen molar-refractivity contribution in [2.24, 2.45) is 0 Å². The molecule has 0 saturated heterocycles. The number of halogens is 1. The molecule has 5 nitrogen and oxygen atoms in total. The third kappa shape index (κ3) is 2.17. The monoisotopic (exact) mass is 268 g/mol. The van der Waals surface area contributed by atoms with Crippen LogP contribution < -0.4 is 4.74 Å². The van der Waals surface area contributed by atoms with Crippen LogP contribution in [0.15, 0.2) is 42.6 Å². The van der Waals surface area contributed by atoms with Gasteiger partial charge in [-0.1, -0.05) is 17.2 Å². The first kappa shape index (κ1) is 12.1. The lowest BCUT2D eigenvalue weighted by molar-refractivity contribution is 0.277. The summed E-state index contributed by atoms with van der Waals surface area (Å²) in [6.07, 6.45) is 1.78. The van der Waals surface area contributed by atoms with Crippen LogP contribution >= 0.6 is 0 Å². The van der Waals surface area contributed by atoms with Gasteiger partial charge in [0.2, 0.25) is 0 Å². The predicted molar refractivity (Wildman–Crippen MR) is 68.4 cm³/mol. The highest BCUT2D eigenvalue weighted by Crippen LogP contribution is 2.15. The number of benzene rings is 1. The first-order valence-corrected chi connectivity index (χ1v) is 5.89. The standard InChI is InChI=1S/C14H9FN4O/c15-12-5-4-10(11(7-12)8-16)9-20-14-18-17-13-3-1-2-6-19(13)14/h1-7H,9H2. The topological polar surface area (TPSA) is 63.2 Å². The van der Waals surface area contributed by atoms with Crippen LogP contribution in [-0.4, -0.2) is 14.6 Å². The van der Waals surface area contributed by atoms with Crippen molar-refractivity contribution in [3.63, 3.8) is 0 Å². The first-order valence-electron chi connectivity index (χ1n) is 5.89. The van der Waals surface area contributed by atoms with Crippen LogP contribution in [0.4, 0.5) is 4.39 Å². The van der Waals surface area contributed by atoms with Gasteiger partial charge >= 0.3 is 6.01 Å². The van der Waals surface area contributed by atoms with Gasteiger partial charge in [0.1, 0.15) is 12.4 Å². The fourth-order valence-electron chi connectivity index (χ4n) is 1.84. The quantitative estimate of drug-likeness (QED) is 0.731. The molecule has 3 rings (SSSR count). The molecule has 0 fully saturated rings. The molecule has 0 spiro atoms. The highest BCUT2D eigenvalue weighted by atomic mass is 19.1. The van der Waals surface area contributed by atoms with Gasteiger partial charge in [-0.15, -0.1) is 5.10 Å². The minimum Gasteiger partial charge on any atom is -0.458 e. The Hall–Kier alpha value is -2.94. The van der Waals surface area contributed by atoms with Gasteiger partial charge in [-0.25, -0.2) is 4.39 Å². The smallest absolute Gasteiger partial charge is 0.321 e. The van der Waals surface area contributed by atoms with E-state index in [-0.39, 0.29) is 12.2 Å². The highest BCUT2D eigenvalue weighted by Gasteiger charge is 2.08. The lowest BCUT2D eigenvalue weighted by atomic mass is 10.1. The van der Waals surface area contributed by atoms with Gasteiger partial charge in [0.05, 0.1) is 11.6 Å². The van der Waals surface area contributed by atoms with Crippen molar-refractivity contribution in [3.05, 3.63) is 59.5 Å². The molecule has 3 aromatic rings. The maximum absolute atomic E-state index is 13.0. The van der Waals surface area contributed by atoms with Crippen LogP contribution in [0.3, 0.4) is 0 Å². The average molecular weight is 268 g/mol. The van der Waals surface area contributed by atoms with E-state index in [1.54, 1.807) is 16.7 Å². The van der Waals surface area contributed by atoms with Crippen LogP contribution in [0.5, 0.6) is 6.01 Å². The number of aromatic nitrogens is 3. The summed E-state index contributed by atoms with van der Waals surface area (Å²) in [5.41, 5.74) is 1.52. The molecule has 98 valence electrons. The molecule has 1 aromatic carbocycles. The summed E-state index contributed by atoms with van der Waals surface area (Å²) in [6, 6.07) is 11.8. The third-order valence-corrected chi connectivity index (χ3v) is 2.83. The molecule has 0 amide bonds. The molecule has 20 heavy (non-hydrogen) atoms. The number of hydrogen-bond donors (Lipinski definition) is 0. The molecule has 0 saturated carbocycles. The van der Waals surface area contributed by atoms with Crippen molar-refractivity contribution >= 4 is 5.65 Å². The summed E-state index contributed by atoms with van der Waals surface area (Å²) < 4.78 is 20.3. The molecule has 0 unspecified atom stereocenters. The van der Waals surface area contributed by atoms with Gasteiger partial charge in [0.15, 0.2) is 5.65 Å². The van der Waals surface area contributed by atoms with Gasteiger partial charge in [0, 0.05) is 11.8 Å². The molecule has 2 aromatic heterocycles. The Balaban J connectivity index is 1.85. The predicted octanol–water partition coefficient (Wildman–Crippen LogP) is 2.32. The normalized spacial score (nSPS) is 10.4. The second kappa shape index (κ2) is 4.97. The number of nitrogens with zero attached hydrogens (tertiary/aromatic N) is 4. The second-order valence-electron chi connectivity index (χ2n) is 4.11. The number of pyridine rings is 1. The average Bonchev–Trinajstić information content (AvgIpc) is 2.89. The summed E-state index contributed by atoms with van der Waals surface area (Å²) in [6.45, 7) is 0.124. The van der Waals surface area contributed by atoms with Crippen molar-refractivity contribution in [1.29, 1.82) is 5.26 Å². The molecule has 0 atom stereocenters. The van der Waals surface area contributed by atoms with Crippen LogP contribution in [-0.2, 0) is 6.61 Å². The Kier molecular flexibility index (Phi) is 3.01. The summed E-state index contributed by atoms with van der Waals surface area (Å²) in [5.74, 6) is -0.446. The molecule has 0 radical (unpaired) electrons. The van der Waals surface area contributed by atoms with E-state index in [4.69, 9.17) is 10.00 Å². The van der Waals surface area contributed by atoms with Crippen molar-refractivity contribution in [2.75, 3.05) is 0 Å². The van der Waals surface area contributed by atoms with Crippen LogP contribution in [0, 0.1) is 17.1 Å². The van der Waals surface area contributed by atoms with Crippen molar-refractivity contribution < 1.29 is 9.13 Å². The summed E-state index contributed by atoms with van der Waals surface area (Å²) in [5, 5.41) is 16.8. The minimum absolute atomic E-state index is 0.124. The Morgan fingerprint density at radius 2 is 2.15 bits per heavy atom.